The maximum Gasteiger partial charge on any atom is 0.437 e. The Morgan fingerprint density at radius 1 is 1.08 bits per heavy atom. The minimum absolute atomic E-state index is 0.105. The molecule has 0 radical (unpaired) electrons. The highest BCUT2D eigenvalue weighted by Gasteiger charge is 2.17. The van der Waals surface area contributed by atoms with E-state index in [-0.39, 0.29) is 12.4 Å². The van der Waals surface area contributed by atoms with Gasteiger partial charge in [0.15, 0.2) is 5.76 Å². The zero-order valence-corrected chi connectivity index (χ0v) is 13.7. The molecular weight excluding hydrogens is 336 g/mol. The van der Waals surface area contributed by atoms with Gasteiger partial charge in [0, 0.05) is 11.5 Å². The molecule has 1 aliphatic carbocycles. The number of furan rings is 1. The number of aromatic nitrogens is 2. The molecule has 0 atom stereocenters. The van der Waals surface area contributed by atoms with E-state index in [0.29, 0.717) is 16.9 Å². The molecule has 5 rings (SSSR count). The highest BCUT2D eigenvalue weighted by atomic mass is 16.4. The fraction of sp³-hybridized carbons (Fsp3) is 0.211. The van der Waals surface area contributed by atoms with E-state index in [1.807, 2.05) is 6.07 Å². The van der Waals surface area contributed by atoms with Crippen molar-refractivity contribution in [2.24, 2.45) is 0 Å². The van der Waals surface area contributed by atoms with Gasteiger partial charge in [0.25, 0.3) is 5.89 Å². The predicted octanol–water partition coefficient (Wildman–Crippen LogP) is 2.74. The SMILES string of the molecule is O=c1cc(Cn2nc(-c3ccco3)oc2=O)c2cc3c(cc2o1)CCC3. The van der Waals surface area contributed by atoms with Crippen LogP contribution in [-0.4, -0.2) is 9.78 Å². The first kappa shape index (κ1) is 14.9. The summed E-state index contributed by atoms with van der Waals surface area (Å²) in [5, 5.41) is 4.99. The first-order valence-corrected chi connectivity index (χ1v) is 8.38. The van der Waals surface area contributed by atoms with Crippen LogP contribution < -0.4 is 11.4 Å². The van der Waals surface area contributed by atoms with E-state index in [1.54, 1.807) is 12.1 Å². The van der Waals surface area contributed by atoms with Gasteiger partial charge in [0.05, 0.1) is 12.8 Å². The van der Waals surface area contributed by atoms with Crippen molar-refractivity contribution in [2.75, 3.05) is 0 Å². The monoisotopic (exact) mass is 350 g/mol. The van der Waals surface area contributed by atoms with Crippen molar-refractivity contribution >= 4 is 11.0 Å². The zero-order chi connectivity index (χ0) is 17.7. The number of aryl methyl sites for hydroxylation is 2. The van der Waals surface area contributed by atoms with E-state index in [4.69, 9.17) is 13.3 Å². The molecule has 4 aromatic rings. The summed E-state index contributed by atoms with van der Waals surface area (Å²) < 4.78 is 16.9. The van der Waals surface area contributed by atoms with E-state index in [1.165, 1.54) is 28.1 Å². The summed E-state index contributed by atoms with van der Waals surface area (Å²) in [7, 11) is 0. The van der Waals surface area contributed by atoms with Crippen LogP contribution in [0, 0.1) is 0 Å². The van der Waals surface area contributed by atoms with Crippen LogP contribution in [0.3, 0.4) is 0 Å². The number of benzene rings is 1. The smallest absolute Gasteiger partial charge is 0.437 e. The van der Waals surface area contributed by atoms with E-state index in [0.717, 1.165) is 24.6 Å². The number of nitrogens with zero attached hydrogens (tertiary/aromatic N) is 2. The normalized spacial score (nSPS) is 13.4. The first-order chi connectivity index (χ1) is 12.7. The van der Waals surface area contributed by atoms with E-state index in [2.05, 4.69) is 11.2 Å². The van der Waals surface area contributed by atoms with Crippen molar-refractivity contribution in [3.63, 3.8) is 0 Å². The van der Waals surface area contributed by atoms with Crippen LogP contribution in [0.4, 0.5) is 0 Å². The van der Waals surface area contributed by atoms with Crippen molar-refractivity contribution in [1.82, 2.24) is 9.78 Å². The standard InChI is InChI=1S/C19H14N2O5/c22-17-9-13(14-7-11-3-1-4-12(11)8-16(14)25-17)10-21-19(23)26-18(20-21)15-5-2-6-24-15/h2,5-9H,1,3-4,10H2. The molecule has 7 nitrogen and oxygen atoms in total. The second kappa shape index (κ2) is 5.59. The molecule has 0 fully saturated rings. The van der Waals surface area contributed by atoms with Crippen molar-refractivity contribution in [3.8, 4) is 11.7 Å². The molecule has 7 heteroatoms. The van der Waals surface area contributed by atoms with E-state index >= 15 is 0 Å². The Morgan fingerprint density at radius 2 is 1.92 bits per heavy atom. The molecule has 0 N–H and O–H groups in total. The van der Waals surface area contributed by atoms with Gasteiger partial charge in [-0.05, 0) is 60.2 Å². The van der Waals surface area contributed by atoms with Gasteiger partial charge in [-0.3, -0.25) is 0 Å². The predicted molar refractivity (Wildman–Crippen MR) is 92.1 cm³/mol. The number of rotatable bonds is 3. The molecule has 3 heterocycles. The van der Waals surface area contributed by atoms with Crippen LogP contribution >= 0.6 is 0 Å². The molecule has 0 saturated carbocycles. The summed E-state index contributed by atoms with van der Waals surface area (Å²) in [5.74, 6) is -0.136. The minimum atomic E-state index is -0.612. The summed E-state index contributed by atoms with van der Waals surface area (Å²) in [5.41, 5.74) is 3.24. The van der Waals surface area contributed by atoms with Gasteiger partial charge in [-0.25, -0.2) is 9.59 Å². The fourth-order valence-electron chi connectivity index (χ4n) is 3.49. The second-order valence-corrected chi connectivity index (χ2v) is 6.37. The van der Waals surface area contributed by atoms with Crippen molar-refractivity contribution in [3.05, 3.63) is 74.3 Å². The van der Waals surface area contributed by atoms with Gasteiger partial charge < -0.3 is 13.3 Å². The van der Waals surface area contributed by atoms with Crippen LogP contribution in [0.5, 0.6) is 0 Å². The summed E-state index contributed by atoms with van der Waals surface area (Å²) >= 11 is 0. The van der Waals surface area contributed by atoms with Crippen molar-refractivity contribution in [2.45, 2.75) is 25.8 Å². The number of hydrogen-bond donors (Lipinski definition) is 0. The van der Waals surface area contributed by atoms with Crippen LogP contribution in [-0.2, 0) is 19.4 Å². The van der Waals surface area contributed by atoms with Crippen LogP contribution in [0.2, 0.25) is 0 Å². The third-order valence-electron chi connectivity index (χ3n) is 4.70. The quantitative estimate of drug-likeness (QED) is 0.528. The lowest BCUT2D eigenvalue weighted by Gasteiger charge is -2.07. The lowest BCUT2D eigenvalue weighted by Crippen LogP contribution is -2.17. The average molecular weight is 350 g/mol. The average Bonchev–Trinajstić information content (AvgIpc) is 3.34. The Bertz CT molecular complexity index is 1230. The summed E-state index contributed by atoms with van der Waals surface area (Å²) in [6.45, 7) is 0.115. The first-order valence-electron chi connectivity index (χ1n) is 8.38. The second-order valence-electron chi connectivity index (χ2n) is 6.37. The molecule has 0 bridgehead atoms. The Morgan fingerprint density at radius 3 is 2.73 bits per heavy atom. The third-order valence-corrected chi connectivity index (χ3v) is 4.70. The summed E-state index contributed by atoms with van der Waals surface area (Å²) in [6.07, 6.45) is 4.58. The van der Waals surface area contributed by atoms with Crippen LogP contribution in [0.25, 0.3) is 22.6 Å². The van der Waals surface area contributed by atoms with Gasteiger partial charge in [-0.2, -0.15) is 4.68 Å². The van der Waals surface area contributed by atoms with Gasteiger partial charge in [0.2, 0.25) is 0 Å². The Kier molecular flexibility index (Phi) is 3.21. The van der Waals surface area contributed by atoms with E-state index in [9.17, 15) is 9.59 Å². The van der Waals surface area contributed by atoms with Crippen molar-refractivity contribution in [1.29, 1.82) is 0 Å². The summed E-state index contributed by atoms with van der Waals surface area (Å²) in [6, 6.07) is 8.73. The molecular formula is C19H14N2O5. The van der Waals surface area contributed by atoms with Crippen LogP contribution in [0.15, 0.2) is 59.4 Å². The molecule has 1 aromatic carbocycles. The Hall–Kier alpha value is -3.35. The maximum absolute atomic E-state index is 12.1. The molecule has 0 aliphatic heterocycles. The number of hydrogen-bond acceptors (Lipinski definition) is 6. The topological polar surface area (TPSA) is 91.4 Å². The third kappa shape index (κ3) is 2.40. The summed E-state index contributed by atoms with van der Waals surface area (Å²) in [4.78, 5) is 24.1. The Labute approximate surface area is 146 Å². The molecule has 0 saturated heterocycles. The largest absolute Gasteiger partial charge is 0.459 e. The van der Waals surface area contributed by atoms with Gasteiger partial charge in [0.1, 0.15) is 5.58 Å². The van der Waals surface area contributed by atoms with Gasteiger partial charge in [-0.15, -0.1) is 5.10 Å². The molecule has 26 heavy (non-hydrogen) atoms. The lowest BCUT2D eigenvalue weighted by atomic mass is 10.0. The molecule has 130 valence electrons. The molecule has 3 aromatic heterocycles. The highest BCUT2D eigenvalue weighted by Crippen LogP contribution is 2.28. The molecule has 0 amide bonds. The lowest BCUT2D eigenvalue weighted by molar-refractivity contribution is 0.476. The molecule has 0 unspecified atom stereocenters. The highest BCUT2D eigenvalue weighted by molar-refractivity contribution is 5.82. The van der Waals surface area contributed by atoms with Crippen LogP contribution in [0.1, 0.15) is 23.1 Å². The Balaban J connectivity index is 1.62. The van der Waals surface area contributed by atoms with E-state index < -0.39 is 11.4 Å². The zero-order valence-electron chi connectivity index (χ0n) is 13.7. The van der Waals surface area contributed by atoms with Crippen molar-refractivity contribution < 1.29 is 13.3 Å². The van der Waals surface area contributed by atoms with Gasteiger partial charge >= 0.3 is 11.4 Å². The van der Waals surface area contributed by atoms with Gasteiger partial charge in [-0.1, -0.05) is 0 Å². The maximum atomic E-state index is 12.1. The molecule has 0 spiro atoms. The number of fused-ring (bicyclic) bond motifs is 2. The molecule has 1 aliphatic rings. The minimum Gasteiger partial charge on any atom is -0.459 e. The fourth-order valence-corrected chi connectivity index (χ4v) is 3.49.